The topological polar surface area (TPSA) is 104 Å². The van der Waals surface area contributed by atoms with Gasteiger partial charge < -0.3 is 14.7 Å². The van der Waals surface area contributed by atoms with Crippen LogP contribution in [0.5, 0.6) is 5.75 Å². The van der Waals surface area contributed by atoms with E-state index in [9.17, 15) is 31.9 Å². The summed E-state index contributed by atoms with van der Waals surface area (Å²) in [5.74, 6) is -5.98. The van der Waals surface area contributed by atoms with Crippen molar-refractivity contribution >= 4 is 55.1 Å². The number of amides is 1. The molecule has 52 heavy (non-hydrogen) atoms. The molecule has 3 aliphatic rings. The zero-order chi connectivity index (χ0) is 36.9. The Kier molecular flexibility index (Phi) is 10.2. The molecule has 0 bridgehead atoms. The fourth-order valence-corrected chi connectivity index (χ4v) is 8.74. The van der Waals surface area contributed by atoms with Crippen molar-refractivity contribution in [2.45, 2.75) is 74.4 Å². The van der Waals surface area contributed by atoms with Crippen LogP contribution >= 0.6 is 27.5 Å². The molecule has 0 saturated heterocycles. The second-order valence-electron chi connectivity index (χ2n) is 13.5. The van der Waals surface area contributed by atoms with Crippen molar-refractivity contribution in [1.29, 1.82) is 0 Å². The van der Waals surface area contributed by atoms with Gasteiger partial charge in [-0.25, -0.2) is 26.4 Å². The number of ether oxygens (including phenoxy) is 1. The Morgan fingerprint density at radius 1 is 0.865 bits per heavy atom. The van der Waals surface area contributed by atoms with Crippen LogP contribution in [-0.4, -0.2) is 42.4 Å². The highest BCUT2D eigenvalue weighted by atomic mass is 79.9. The molecule has 0 aliphatic heterocycles. The van der Waals surface area contributed by atoms with Crippen LogP contribution in [0.25, 0.3) is 0 Å². The Balaban J connectivity index is 1.33. The standard InChI is InChI=1S/C38H33BrClF3N2O6S/c39-35-30(41)17-31(42)36(43)37(35)52(49,50)44(19-25-3-1-2-4-29(25)40)20-34(46)45(32-12-9-24(38(47)48)16-33(32)51-28-10-11-28)18-21-13-26(22-5-6-22)15-27(14-21)23-7-8-23/h1-4,9,12-17,22-23,28H,5-8,10-11,18-20H2,(H,47,48). The van der Waals surface area contributed by atoms with E-state index >= 15 is 4.39 Å². The number of anilines is 1. The highest BCUT2D eigenvalue weighted by molar-refractivity contribution is 9.10. The lowest BCUT2D eigenvalue weighted by molar-refractivity contribution is -0.119. The van der Waals surface area contributed by atoms with Gasteiger partial charge in [-0.2, -0.15) is 4.31 Å². The molecule has 3 fully saturated rings. The minimum Gasteiger partial charge on any atom is -0.488 e. The molecular formula is C38H33BrClF3N2O6S. The van der Waals surface area contributed by atoms with Gasteiger partial charge in [-0.15, -0.1) is 0 Å². The Morgan fingerprint density at radius 2 is 1.52 bits per heavy atom. The van der Waals surface area contributed by atoms with Crippen molar-refractivity contribution in [3.63, 3.8) is 0 Å². The molecule has 1 N–H and O–H groups in total. The Labute approximate surface area is 312 Å². The van der Waals surface area contributed by atoms with Gasteiger partial charge in [-0.1, -0.05) is 48.0 Å². The smallest absolute Gasteiger partial charge is 0.335 e. The van der Waals surface area contributed by atoms with E-state index in [2.05, 4.69) is 22.0 Å². The molecule has 4 aromatic rings. The van der Waals surface area contributed by atoms with Crippen LogP contribution in [0.15, 0.2) is 76.1 Å². The molecule has 3 saturated carbocycles. The summed E-state index contributed by atoms with van der Waals surface area (Å²) in [7, 11) is -5.15. The van der Waals surface area contributed by atoms with Gasteiger partial charge in [-0.05, 0) is 113 Å². The fraction of sp³-hybridized carbons (Fsp3) is 0.316. The summed E-state index contributed by atoms with van der Waals surface area (Å²) >= 11 is 9.18. The molecular weight excluding hydrogens is 785 g/mol. The zero-order valence-electron chi connectivity index (χ0n) is 27.6. The quantitative estimate of drug-likeness (QED) is 0.128. The molecule has 0 unspecified atom stereocenters. The van der Waals surface area contributed by atoms with Crippen molar-refractivity contribution < 1.29 is 41.0 Å². The molecule has 7 rings (SSSR count). The Hall–Kier alpha value is -3.91. The van der Waals surface area contributed by atoms with Crippen molar-refractivity contribution in [3.8, 4) is 5.75 Å². The normalized spacial score (nSPS) is 15.9. The lowest BCUT2D eigenvalue weighted by Gasteiger charge is -2.29. The minimum atomic E-state index is -5.15. The average molecular weight is 818 g/mol. The number of sulfonamides is 1. The molecule has 4 aromatic carbocycles. The average Bonchev–Trinajstić information content (AvgIpc) is 3.95. The van der Waals surface area contributed by atoms with Crippen molar-refractivity contribution in [2.24, 2.45) is 0 Å². The number of carbonyl (C=O) groups excluding carboxylic acids is 1. The number of hydrogen-bond acceptors (Lipinski definition) is 5. The molecule has 8 nitrogen and oxygen atoms in total. The summed E-state index contributed by atoms with van der Waals surface area (Å²) in [4.78, 5) is 26.7. The molecule has 14 heteroatoms. The number of carboxylic acids is 1. The van der Waals surface area contributed by atoms with E-state index in [0.29, 0.717) is 16.1 Å². The molecule has 3 aliphatic carbocycles. The molecule has 272 valence electrons. The molecule has 1 amide bonds. The predicted octanol–water partition coefficient (Wildman–Crippen LogP) is 8.94. The van der Waals surface area contributed by atoms with Gasteiger partial charge in [0.15, 0.2) is 11.6 Å². The third-order valence-electron chi connectivity index (χ3n) is 9.38. The van der Waals surface area contributed by atoms with Gasteiger partial charge in [0.25, 0.3) is 0 Å². The number of nitrogens with zero attached hydrogens (tertiary/aromatic N) is 2. The van der Waals surface area contributed by atoms with Crippen molar-refractivity contribution in [2.75, 3.05) is 11.4 Å². The second kappa shape index (κ2) is 14.5. The van der Waals surface area contributed by atoms with E-state index < -0.39 is 61.8 Å². The summed E-state index contributed by atoms with van der Waals surface area (Å²) in [5, 5.41) is 9.91. The number of benzene rings is 4. The maximum absolute atomic E-state index is 15.3. The fourth-order valence-electron chi connectivity index (χ4n) is 6.15. The Morgan fingerprint density at radius 3 is 2.12 bits per heavy atom. The largest absolute Gasteiger partial charge is 0.488 e. The number of halogens is 5. The maximum atomic E-state index is 15.3. The predicted molar refractivity (Wildman–Crippen MR) is 192 cm³/mol. The van der Waals surface area contributed by atoms with Gasteiger partial charge in [0.2, 0.25) is 15.9 Å². The van der Waals surface area contributed by atoms with E-state index in [0.717, 1.165) is 55.2 Å². The van der Waals surface area contributed by atoms with Gasteiger partial charge in [0, 0.05) is 17.6 Å². The van der Waals surface area contributed by atoms with E-state index in [1.807, 2.05) is 12.1 Å². The first kappa shape index (κ1) is 36.4. The number of rotatable bonds is 14. The summed E-state index contributed by atoms with van der Waals surface area (Å²) < 4.78 is 78.9. The van der Waals surface area contributed by atoms with Crippen LogP contribution in [-0.2, 0) is 27.9 Å². The van der Waals surface area contributed by atoms with Crippen LogP contribution < -0.4 is 9.64 Å². The van der Waals surface area contributed by atoms with E-state index in [4.69, 9.17) is 16.3 Å². The van der Waals surface area contributed by atoms with Crippen LogP contribution in [0.2, 0.25) is 5.02 Å². The monoisotopic (exact) mass is 816 g/mol. The van der Waals surface area contributed by atoms with Crippen molar-refractivity contribution in [3.05, 3.63) is 121 Å². The molecule has 0 aromatic heterocycles. The van der Waals surface area contributed by atoms with Crippen LogP contribution in [0, 0.1) is 17.5 Å². The molecule has 0 heterocycles. The highest BCUT2D eigenvalue weighted by Gasteiger charge is 2.37. The van der Waals surface area contributed by atoms with Crippen LogP contribution in [0.4, 0.5) is 18.9 Å². The zero-order valence-corrected chi connectivity index (χ0v) is 30.8. The first-order valence-corrected chi connectivity index (χ1v) is 19.5. The highest BCUT2D eigenvalue weighted by Crippen LogP contribution is 2.46. The van der Waals surface area contributed by atoms with Gasteiger partial charge >= 0.3 is 5.97 Å². The van der Waals surface area contributed by atoms with Crippen molar-refractivity contribution in [1.82, 2.24) is 4.31 Å². The maximum Gasteiger partial charge on any atom is 0.335 e. The third kappa shape index (κ3) is 7.87. The summed E-state index contributed by atoms with van der Waals surface area (Å²) in [5.41, 5.74) is 3.45. The van der Waals surface area contributed by atoms with Gasteiger partial charge in [-0.3, -0.25) is 4.79 Å². The molecule has 0 atom stereocenters. The Bertz CT molecular complexity index is 2140. The lowest BCUT2D eigenvalue weighted by atomic mass is 9.99. The molecule has 0 radical (unpaired) electrons. The SMILES string of the molecule is O=C(O)c1ccc(N(Cc2cc(C3CC3)cc(C3CC3)c2)C(=O)CN(Cc2ccccc2Cl)S(=O)(=O)c2c(F)c(F)cc(F)c2Br)c(OC2CC2)c1. The first-order chi connectivity index (χ1) is 24.8. The number of aromatic carboxylic acids is 1. The summed E-state index contributed by atoms with van der Waals surface area (Å²) in [6.07, 6.45) is 5.46. The van der Waals surface area contributed by atoms with E-state index in [1.54, 1.807) is 12.1 Å². The number of carboxylic acid groups (broad SMARTS) is 1. The third-order valence-corrected chi connectivity index (χ3v) is 12.6. The minimum absolute atomic E-state index is 0.0425. The molecule has 0 spiro atoms. The van der Waals surface area contributed by atoms with E-state index in [-0.39, 0.29) is 46.3 Å². The first-order valence-electron chi connectivity index (χ1n) is 16.8. The summed E-state index contributed by atoms with van der Waals surface area (Å²) in [6.45, 7) is -1.52. The number of hydrogen-bond donors (Lipinski definition) is 1. The van der Waals surface area contributed by atoms with Gasteiger partial charge in [0.1, 0.15) is 16.5 Å². The van der Waals surface area contributed by atoms with Gasteiger partial charge in [0.05, 0.1) is 34.9 Å². The lowest BCUT2D eigenvalue weighted by Crippen LogP contribution is -2.43. The van der Waals surface area contributed by atoms with Crippen LogP contribution in [0.3, 0.4) is 0 Å². The summed E-state index contributed by atoms with van der Waals surface area (Å²) in [6, 6.07) is 16.8. The second-order valence-corrected chi connectivity index (χ2v) is 16.6. The van der Waals surface area contributed by atoms with E-state index in [1.165, 1.54) is 35.2 Å². The number of carbonyl (C=O) groups is 2. The van der Waals surface area contributed by atoms with Crippen LogP contribution in [0.1, 0.15) is 83.0 Å².